The molecule has 1 fully saturated rings. The van der Waals surface area contributed by atoms with E-state index in [0.717, 1.165) is 34.5 Å². The molecule has 2 aromatic carbocycles. The monoisotopic (exact) mass is 664 g/mol. The summed E-state index contributed by atoms with van der Waals surface area (Å²) in [6.07, 6.45) is 4.67. The number of allylic oxidation sites excluding steroid dienone is 2. The summed E-state index contributed by atoms with van der Waals surface area (Å²) in [5, 5.41) is 1.90. The average Bonchev–Trinajstić information content (AvgIpc) is 3.73. The predicted octanol–water partition coefficient (Wildman–Crippen LogP) is 6.98. The molecule has 1 saturated carbocycles. The van der Waals surface area contributed by atoms with Crippen LogP contribution in [0.2, 0.25) is 0 Å². The Bertz CT molecular complexity index is 1430. The van der Waals surface area contributed by atoms with Crippen LogP contribution in [0.25, 0.3) is 7.18 Å². The van der Waals surface area contributed by atoms with Crippen LogP contribution in [0.1, 0.15) is 35.4 Å². The molecule has 3 heterocycles. The van der Waals surface area contributed by atoms with Crippen molar-refractivity contribution in [2.24, 2.45) is 0 Å². The number of fused-ring (bicyclic) bond motifs is 1. The fourth-order valence-corrected chi connectivity index (χ4v) is 26.3. The number of thiophene rings is 2. The molecule has 0 amide bonds. The molecule has 1 aliphatic heterocycles. The van der Waals surface area contributed by atoms with Gasteiger partial charge in [0.2, 0.25) is 0 Å². The second-order valence-electron chi connectivity index (χ2n) is 9.77. The molecule has 7 heteroatoms. The van der Waals surface area contributed by atoms with E-state index < -0.39 is 18.4 Å². The van der Waals surface area contributed by atoms with E-state index in [-0.39, 0.29) is 0 Å². The first-order valence-electron chi connectivity index (χ1n) is 13.2. The van der Waals surface area contributed by atoms with E-state index in [9.17, 15) is 0 Å². The number of methoxy groups -OCH3 is 4. The van der Waals surface area contributed by atoms with Crippen molar-refractivity contribution < 1.29 is 18.9 Å². The molecule has 200 valence electrons. The van der Waals surface area contributed by atoms with Gasteiger partial charge in [0, 0.05) is 0 Å². The van der Waals surface area contributed by atoms with Crippen molar-refractivity contribution in [3.63, 3.8) is 0 Å². The summed E-state index contributed by atoms with van der Waals surface area (Å²) in [4.78, 5) is 2.67. The summed E-state index contributed by atoms with van der Waals surface area (Å²) in [5.74, 6) is 1.76. The van der Waals surface area contributed by atoms with Crippen molar-refractivity contribution in [2.45, 2.75) is 25.7 Å². The average molecular weight is 663 g/mol. The van der Waals surface area contributed by atoms with Gasteiger partial charge in [0.15, 0.2) is 0 Å². The Morgan fingerprint density at radius 2 is 0.923 bits per heavy atom. The van der Waals surface area contributed by atoms with Crippen molar-refractivity contribution in [3.8, 4) is 21.6 Å². The van der Waals surface area contributed by atoms with E-state index in [2.05, 4.69) is 72.8 Å². The molecule has 2 aliphatic rings. The van der Waals surface area contributed by atoms with Crippen LogP contribution in [-0.2, 0) is 0 Å². The van der Waals surface area contributed by atoms with E-state index in [0.29, 0.717) is 0 Å². The van der Waals surface area contributed by atoms with Crippen LogP contribution in [0.5, 0.6) is 21.6 Å². The Kier molecular flexibility index (Phi) is 7.53. The summed E-state index contributed by atoms with van der Waals surface area (Å²) in [6.45, 7) is 0. The van der Waals surface area contributed by atoms with Gasteiger partial charge < -0.3 is 0 Å². The SMILES string of the molecule is COc1cc[c]([Sn]2([c]3ccc(OC)cc3)[C](c3ccc(OC)s3)=C3CCCCC3=[C]2c2ccc(OC)s2)cc1. The second-order valence-corrected chi connectivity index (χ2v) is 22.3. The van der Waals surface area contributed by atoms with Crippen LogP contribution in [0.4, 0.5) is 0 Å². The summed E-state index contributed by atoms with van der Waals surface area (Å²) in [5.41, 5.74) is 3.13. The van der Waals surface area contributed by atoms with Gasteiger partial charge >= 0.3 is 244 Å². The molecular weight excluding hydrogens is 631 g/mol. The van der Waals surface area contributed by atoms with E-state index >= 15 is 0 Å². The number of rotatable bonds is 8. The number of ether oxygens (including phenoxy) is 4. The molecule has 0 bridgehead atoms. The van der Waals surface area contributed by atoms with Crippen molar-refractivity contribution in [3.05, 3.63) is 93.7 Å². The van der Waals surface area contributed by atoms with Gasteiger partial charge in [-0.25, -0.2) is 0 Å². The van der Waals surface area contributed by atoms with Crippen LogP contribution in [0, 0.1) is 0 Å². The van der Waals surface area contributed by atoms with E-state index in [1.54, 1.807) is 69.4 Å². The molecular formula is C32H32O4S2Sn. The van der Waals surface area contributed by atoms with Crippen molar-refractivity contribution >= 4 is 55.4 Å². The van der Waals surface area contributed by atoms with Gasteiger partial charge in [-0.2, -0.15) is 0 Å². The molecule has 2 aromatic heterocycles. The Hall–Kier alpha value is -2.68. The molecule has 4 aromatic rings. The van der Waals surface area contributed by atoms with Crippen molar-refractivity contribution in [1.29, 1.82) is 0 Å². The van der Waals surface area contributed by atoms with Crippen molar-refractivity contribution in [2.75, 3.05) is 28.4 Å². The van der Waals surface area contributed by atoms with Crippen LogP contribution in [0.15, 0.2) is 83.9 Å². The molecule has 0 unspecified atom stereocenters. The molecule has 6 rings (SSSR count). The molecule has 0 N–H and O–H groups in total. The molecule has 1 aliphatic carbocycles. The summed E-state index contributed by atoms with van der Waals surface area (Å²) >= 11 is -0.361. The normalized spacial score (nSPS) is 16.3. The quantitative estimate of drug-likeness (QED) is 0.191. The van der Waals surface area contributed by atoms with Gasteiger partial charge in [0.1, 0.15) is 0 Å². The van der Waals surface area contributed by atoms with Crippen LogP contribution in [-0.4, -0.2) is 46.8 Å². The molecule has 0 radical (unpaired) electrons. The third-order valence-electron chi connectivity index (χ3n) is 7.93. The Balaban J connectivity index is 1.74. The maximum atomic E-state index is 5.72. The van der Waals surface area contributed by atoms with Gasteiger partial charge in [-0.15, -0.1) is 0 Å². The Morgan fingerprint density at radius 1 is 0.513 bits per heavy atom. The van der Waals surface area contributed by atoms with Crippen molar-refractivity contribution in [1.82, 2.24) is 0 Å². The molecule has 0 atom stereocenters. The molecule has 0 spiro atoms. The zero-order chi connectivity index (χ0) is 27.0. The maximum absolute atomic E-state index is 5.72. The molecule has 0 saturated heterocycles. The van der Waals surface area contributed by atoms with Crippen LogP contribution >= 0.6 is 22.7 Å². The van der Waals surface area contributed by atoms with E-state index in [1.807, 2.05) is 0 Å². The Labute approximate surface area is 242 Å². The predicted molar refractivity (Wildman–Crippen MR) is 165 cm³/mol. The first-order chi connectivity index (χ1) is 19.1. The fourth-order valence-electron chi connectivity index (χ4n) is 6.26. The number of benzene rings is 2. The van der Waals surface area contributed by atoms with Gasteiger partial charge in [-0.05, 0) is 0 Å². The fraction of sp³-hybridized carbons (Fsp3) is 0.250. The standard InChI is InChI=1S/C18H18O2S2.2C7H7O.Sn/c1-19-17-9-7-15(21-17)11-13-5-3-4-6-14(13)12-16-8-10-18(20-2)22-16;2*1-8-7-5-3-2-4-6-7;/h7-10H,3-6H2,1-2H3;2*3-6H,1H3;. The third-order valence-corrected chi connectivity index (χ3v) is 25.5. The minimum atomic E-state index is -3.91. The number of hydrogen-bond acceptors (Lipinski definition) is 6. The first kappa shape index (κ1) is 26.5. The summed E-state index contributed by atoms with van der Waals surface area (Å²) in [7, 11) is 7.00. The summed E-state index contributed by atoms with van der Waals surface area (Å²) < 4.78 is 28.7. The van der Waals surface area contributed by atoms with Gasteiger partial charge in [0.05, 0.1) is 0 Å². The summed E-state index contributed by atoms with van der Waals surface area (Å²) in [6, 6.07) is 26.7. The minimum absolute atomic E-state index is 0.879. The molecule has 4 nitrogen and oxygen atoms in total. The van der Waals surface area contributed by atoms with Gasteiger partial charge in [-0.1, -0.05) is 0 Å². The van der Waals surface area contributed by atoms with Gasteiger partial charge in [0.25, 0.3) is 0 Å². The number of hydrogen-bond donors (Lipinski definition) is 0. The van der Waals surface area contributed by atoms with E-state index in [1.165, 1.54) is 29.8 Å². The van der Waals surface area contributed by atoms with Gasteiger partial charge in [-0.3, -0.25) is 0 Å². The Morgan fingerprint density at radius 3 is 1.26 bits per heavy atom. The zero-order valence-electron chi connectivity index (χ0n) is 22.7. The third kappa shape index (κ3) is 4.41. The topological polar surface area (TPSA) is 36.9 Å². The van der Waals surface area contributed by atoms with Crippen LogP contribution in [0.3, 0.4) is 0 Å². The zero-order valence-corrected chi connectivity index (χ0v) is 27.2. The second kappa shape index (κ2) is 11.1. The first-order valence-corrected chi connectivity index (χ1v) is 20.5. The molecule has 39 heavy (non-hydrogen) atoms. The van der Waals surface area contributed by atoms with E-state index in [4.69, 9.17) is 18.9 Å². The van der Waals surface area contributed by atoms with Crippen LogP contribution < -0.4 is 26.1 Å².